The maximum absolute atomic E-state index is 6.18. The molecule has 23 heavy (non-hydrogen) atoms. The summed E-state index contributed by atoms with van der Waals surface area (Å²) in [7, 11) is 4.17. The molecule has 0 aliphatic carbocycles. The van der Waals surface area contributed by atoms with E-state index in [-0.39, 0.29) is 5.41 Å². The van der Waals surface area contributed by atoms with Crippen LogP contribution in [-0.2, 0) is 10.6 Å². The van der Waals surface area contributed by atoms with Crippen LogP contribution in [0.2, 0.25) is 0 Å². The number of benzene rings is 2. The molecule has 2 heterocycles. The van der Waals surface area contributed by atoms with E-state index in [4.69, 9.17) is 4.84 Å². The first-order valence-electron chi connectivity index (χ1n) is 7.92. The third-order valence-corrected chi connectivity index (χ3v) is 5.26. The van der Waals surface area contributed by atoms with Gasteiger partial charge in [-0.25, -0.2) is 5.01 Å². The van der Waals surface area contributed by atoms with Crippen LogP contribution in [0.4, 0.5) is 0 Å². The Morgan fingerprint density at radius 1 is 0.957 bits per heavy atom. The molecular formula is C19H21N3O. The highest BCUT2D eigenvalue weighted by Gasteiger charge is 2.67. The van der Waals surface area contributed by atoms with Crippen LogP contribution in [0.25, 0.3) is 0 Å². The zero-order chi connectivity index (χ0) is 16.1. The minimum atomic E-state index is -0.603. The molecule has 2 aliphatic rings. The molecule has 0 N–H and O–H groups in total. The van der Waals surface area contributed by atoms with Gasteiger partial charge in [0.15, 0.2) is 0 Å². The lowest BCUT2D eigenvalue weighted by Gasteiger charge is -2.39. The third-order valence-electron chi connectivity index (χ3n) is 5.26. The van der Waals surface area contributed by atoms with Gasteiger partial charge in [-0.15, -0.1) is 0 Å². The normalized spacial score (nSPS) is 30.8. The van der Waals surface area contributed by atoms with Gasteiger partial charge in [-0.3, -0.25) is 0 Å². The Labute approximate surface area is 136 Å². The number of nitrogens with zero attached hydrogens (tertiary/aromatic N) is 3. The summed E-state index contributed by atoms with van der Waals surface area (Å²) in [5, 5.41) is 8.93. The lowest BCUT2D eigenvalue weighted by molar-refractivity contribution is -0.194. The van der Waals surface area contributed by atoms with Crippen molar-refractivity contribution in [2.24, 2.45) is 10.6 Å². The number of oxime groups is 1. The fourth-order valence-corrected chi connectivity index (χ4v) is 4.07. The van der Waals surface area contributed by atoms with E-state index >= 15 is 0 Å². The Kier molecular flexibility index (Phi) is 3.08. The van der Waals surface area contributed by atoms with E-state index in [9.17, 15) is 0 Å². The Hall–Kier alpha value is -2.17. The smallest absolute Gasteiger partial charge is 0.241 e. The SMILES string of the molecule is CN1CC2(C)C(c3ccccc3)=NOC2(c2ccccc2)N1C. The third kappa shape index (κ3) is 1.76. The van der Waals surface area contributed by atoms with Crippen molar-refractivity contribution in [3.8, 4) is 0 Å². The van der Waals surface area contributed by atoms with Crippen LogP contribution in [0, 0.1) is 5.41 Å². The summed E-state index contributed by atoms with van der Waals surface area (Å²) in [4.78, 5) is 6.18. The topological polar surface area (TPSA) is 28.1 Å². The van der Waals surface area contributed by atoms with E-state index in [0.29, 0.717) is 0 Å². The first-order chi connectivity index (χ1) is 11.1. The predicted octanol–water partition coefficient (Wildman–Crippen LogP) is 3.07. The Morgan fingerprint density at radius 3 is 2.22 bits per heavy atom. The molecule has 2 aliphatic heterocycles. The fourth-order valence-electron chi connectivity index (χ4n) is 4.07. The minimum absolute atomic E-state index is 0.251. The second-order valence-electron chi connectivity index (χ2n) is 6.58. The highest BCUT2D eigenvalue weighted by Crippen LogP contribution is 2.56. The monoisotopic (exact) mass is 307 g/mol. The molecule has 2 atom stereocenters. The number of hydrogen-bond donors (Lipinski definition) is 0. The molecule has 1 saturated heterocycles. The van der Waals surface area contributed by atoms with E-state index in [1.807, 2.05) is 24.3 Å². The molecule has 4 nitrogen and oxygen atoms in total. The average Bonchev–Trinajstić information content (AvgIpc) is 2.98. The molecular weight excluding hydrogens is 286 g/mol. The highest BCUT2D eigenvalue weighted by molar-refractivity contribution is 6.06. The molecule has 0 amide bonds. The maximum Gasteiger partial charge on any atom is 0.241 e. The number of rotatable bonds is 2. The van der Waals surface area contributed by atoms with Crippen LogP contribution in [0.3, 0.4) is 0 Å². The lowest BCUT2D eigenvalue weighted by Crippen LogP contribution is -2.51. The summed E-state index contributed by atoms with van der Waals surface area (Å²) in [5.74, 6) is 0. The van der Waals surface area contributed by atoms with Crippen molar-refractivity contribution in [3.63, 3.8) is 0 Å². The van der Waals surface area contributed by atoms with E-state index in [1.165, 1.54) is 0 Å². The Bertz CT molecular complexity index is 746. The zero-order valence-corrected chi connectivity index (χ0v) is 13.7. The lowest BCUT2D eigenvalue weighted by atomic mass is 9.71. The summed E-state index contributed by atoms with van der Waals surface area (Å²) >= 11 is 0. The fraction of sp³-hybridized carbons (Fsp3) is 0.316. The summed E-state index contributed by atoms with van der Waals surface area (Å²) in [6.45, 7) is 3.10. The molecule has 0 radical (unpaired) electrons. The van der Waals surface area contributed by atoms with Crippen LogP contribution < -0.4 is 0 Å². The van der Waals surface area contributed by atoms with E-state index < -0.39 is 5.72 Å². The standard InChI is InChI=1S/C19H21N3O/c1-18-14-21(2)22(3)19(18,16-12-8-5-9-13-16)23-20-17(18)15-10-6-4-7-11-15/h4-13H,14H2,1-3H3. The summed E-state index contributed by atoms with van der Waals surface area (Å²) in [6.07, 6.45) is 0. The van der Waals surface area contributed by atoms with Gasteiger partial charge in [-0.05, 0) is 6.92 Å². The van der Waals surface area contributed by atoms with Gasteiger partial charge < -0.3 is 4.84 Å². The van der Waals surface area contributed by atoms with Gasteiger partial charge in [-0.1, -0.05) is 65.8 Å². The van der Waals surface area contributed by atoms with Gasteiger partial charge in [-0.2, -0.15) is 5.01 Å². The van der Waals surface area contributed by atoms with Gasteiger partial charge in [0.05, 0.1) is 5.41 Å². The van der Waals surface area contributed by atoms with Crippen molar-refractivity contribution < 1.29 is 4.84 Å². The van der Waals surface area contributed by atoms with Crippen LogP contribution in [0.5, 0.6) is 0 Å². The van der Waals surface area contributed by atoms with Crippen LogP contribution in [0.1, 0.15) is 18.1 Å². The summed E-state index contributed by atoms with van der Waals surface area (Å²) < 4.78 is 0. The molecule has 118 valence electrons. The van der Waals surface area contributed by atoms with Crippen molar-refractivity contribution in [3.05, 3.63) is 71.8 Å². The van der Waals surface area contributed by atoms with Crippen LogP contribution >= 0.6 is 0 Å². The van der Waals surface area contributed by atoms with Gasteiger partial charge in [0.1, 0.15) is 5.71 Å². The van der Waals surface area contributed by atoms with Gasteiger partial charge in [0.2, 0.25) is 5.72 Å². The average molecular weight is 307 g/mol. The summed E-state index contributed by atoms with van der Waals surface area (Å²) in [6, 6.07) is 20.7. The quantitative estimate of drug-likeness (QED) is 0.853. The van der Waals surface area contributed by atoms with Crippen molar-refractivity contribution in [1.29, 1.82) is 0 Å². The molecule has 2 unspecified atom stereocenters. The molecule has 0 bridgehead atoms. The zero-order valence-electron chi connectivity index (χ0n) is 13.7. The molecule has 2 aromatic carbocycles. The number of fused-ring (bicyclic) bond motifs is 1. The first kappa shape index (κ1) is 14.4. The molecule has 4 heteroatoms. The second kappa shape index (κ2) is 4.91. The Balaban J connectivity index is 1.89. The molecule has 0 aromatic heterocycles. The number of hydrogen-bond acceptors (Lipinski definition) is 4. The van der Waals surface area contributed by atoms with Gasteiger partial charge >= 0.3 is 0 Å². The minimum Gasteiger partial charge on any atom is -0.365 e. The van der Waals surface area contributed by atoms with Gasteiger partial charge in [0, 0.05) is 31.8 Å². The number of hydrazine groups is 1. The van der Waals surface area contributed by atoms with Crippen molar-refractivity contribution in [2.45, 2.75) is 12.6 Å². The molecule has 1 fully saturated rings. The maximum atomic E-state index is 6.18. The van der Waals surface area contributed by atoms with Crippen molar-refractivity contribution in [1.82, 2.24) is 10.0 Å². The van der Waals surface area contributed by atoms with Crippen LogP contribution in [-0.4, -0.2) is 36.4 Å². The first-order valence-corrected chi connectivity index (χ1v) is 7.92. The molecule has 2 aromatic rings. The molecule has 0 spiro atoms. The second-order valence-corrected chi connectivity index (χ2v) is 6.58. The molecule has 0 saturated carbocycles. The van der Waals surface area contributed by atoms with Gasteiger partial charge in [0.25, 0.3) is 0 Å². The van der Waals surface area contributed by atoms with Crippen LogP contribution in [0.15, 0.2) is 65.8 Å². The van der Waals surface area contributed by atoms with E-state index in [1.54, 1.807) is 0 Å². The van der Waals surface area contributed by atoms with E-state index in [0.717, 1.165) is 23.4 Å². The largest absolute Gasteiger partial charge is 0.365 e. The predicted molar refractivity (Wildman–Crippen MR) is 90.7 cm³/mol. The van der Waals surface area contributed by atoms with E-state index in [2.05, 4.69) is 72.6 Å². The summed E-state index contributed by atoms with van der Waals surface area (Å²) in [5.41, 5.74) is 2.41. The van der Waals surface area contributed by atoms with Crippen molar-refractivity contribution in [2.75, 3.05) is 20.6 Å². The molecule has 4 rings (SSSR count). The highest BCUT2D eigenvalue weighted by atomic mass is 16.7. The Morgan fingerprint density at radius 2 is 1.57 bits per heavy atom. The van der Waals surface area contributed by atoms with Crippen molar-refractivity contribution >= 4 is 5.71 Å².